The molecule has 1 atom stereocenters. The fourth-order valence-corrected chi connectivity index (χ4v) is 1.79. The van der Waals surface area contributed by atoms with Crippen LogP contribution in [0.2, 0.25) is 0 Å². The minimum atomic E-state index is -0.216. The standard InChI is InChI=1S/C15H24O2/c1-3-4-5-8-14(16)10-11-17-15-9-6-7-13(2)12-15/h6-7,9,12,14,16H,3-5,8,10-11H2,1-2H3. The first-order valence-corrected chi connectivity index (χ1v) is 6.60. The Bertz CT molecular complexity index is 310. The monoisotopic (exact) mass is 236 g/mol. The summed E-state index contributed by atoms with van der Waals surface area (Å²) in [6.45, 7) is 4.82. The second-order valence-corrected chi connectivity index (χ2v) is 4.60. The Kier molecular flexibility index (Phi) is 6.71. The Balaban J connectivity index is 2.14. The summed E-state index contributed by atoms with van der Waals surface area (Å²) in [5.41, 5.74) is 1.20. The van der Waals surface area contributed by atoms with Gasteiger partial charge in [0.05, 0.1) is 12.7 Å². The highest BCUT2D eigenvalue weighted by atomic mass is 16.5. The van der Waals surface area contributed by atoms with E-state index in [4.69, 9.17) is 4.74 Å². The fraction of sp³-hybridized carbons (Fsp3) is 0.600. The summed E-state index contributed by atoms with van der Waals surface area (Å²) in [7, 11) is 0. The molecule has 0 bridgehead atoms. The Morgan fingerprint density at radius 2 is 2.06 bits per heavy atom. The molecule has 17 heavy (non-hydrogen) atoms. The van der Waals surface area contributed by atoms with Crippen molar-refractivity contribution >= 4 is 0 Å². The van der Waals surface area contributed by atoms with Gasteiger partial charge in [-0.2, -0.15) is 0 Å². The molecule has 2 heteroatoms. The average Bonchev–Trinajstić information content (AvgIpc) is 2.29. The number of aliphatic hydroxyl groups excluding tert-OH is 1. The van der Waals surface area contributed by atoms with E-state index in [9.17, 15) is 5.11 Å². The first-order valence-electron chi connectivity index (χ1n) is 6.60. The Morgan fingerprint density at radius 3 is 2.76 bits per heavy atom. The lowest BCUT2D eigenvalue weighted by Gasteiger charge is -2.11. The van der Waals surface area contributed by atoms with Crippen LogP contribution in [-0.2, 0) is 0 Å². The predicted molar refractivity (Wildman–Crippen MR) is 71.4 cm³/mol. The number of rotatable bonds is 8. The fourth-order valence-electron chi connectivity index (χ4n) is 1.79. The van der Waals surface area contributed by atoms with Crippen molar-refractivity contribution in [1.29, 1.82) is 0 Å². The maximum absolute atomic E-state index is 9.73. The number of hydrogen-bond donors (Lipinski definition) is 1. The summed E-state index contributed by atoms with van der Waals surface area (Å²) in [5.74, 6) is 0.894. The van der Waals surface area contributed by atoms with Gasteiger partial charge in [0.25, 0.3) is 0 Å². The lowest BCUT2D eigenvalue weighted by molar-refractivity contribution is 0.128. The van der Waals surface area contributed by atoms with Gasteiger partial charge in [-0.05, 0) is 31.0 Å². The minimum absolute atomic E-state index is 0.216. The molecular weight excluding hydrogens is 212 g/mol. The van der Waals surface area contributed by atoms with Crippen LogP contribution in [-0.4, -0.2) is 17.8 Å². The van der Waals surface area contributed by atoms with Gasteiger partial charge < -0.3 is 9.84 Å². The molecule has 0 amide bonds. The molecule has 1 unspecified atom stereocenters. The third-order valence-electron chi connectivity index (χ3n) is 2.85. The molecule has 0 radical (unpaired) electrons. The quantitative estimate of drug-likeness (QED) is 0.697. The number of aliphatic hydroxyl groups is 1. The zero-order chi connectivity index (χ0) is 12.5. The largest absolute Gasteiger partial charge is 0.493 e. The van der Waals surface area contributed by atoms with Gasteiger partial charge in [-0.3, -0.25) is 0 Å². The highest BCUT2D eigenvalue weighted by Gasteiger charge is 2.04. The van der Waals surface area contributed by atoms with E-state index in [1.54, 1.807) is 0 Å². The molecule has 0 saturated carbocycles. The Morgan fingerprint density at radius 1 is 1.24 bits per heavy atom. The van der Waals surface area contributed by atoms with Crippen LogP contribution in [0, 0.1) is 6.92 Å². The van der Waals surface area contributed by atoms with Crippen LogP contribution < -0.4 is 4.74 Å². The van der Waals surface area contributed by atoms with Gasteiger partial charge in [-0.1, -0.05) is 38.3 Å². The maximum Gasteiger partial charge on any atom is 0.119 e. The van der Waals surface area contributed by atoms with Crippen molar-refractivity contribution in [2.75, 3.05) is 6.61 Å². The average molecular weight is 236 g/mol. The minimum Gasteiger partial charge on any atom is -0.493 e. The molecule has 0 aliphatic rings. The number of ether oxygens (including phenoxy) is 1. The summed E-state index contributed by atoms with van der Waals surface area (Å²) < 4.78 is 5.60. The van der Waals surface area contributed by atoms with Crippen molar-refractivity contribution in [2.24, 2.45) is 0 Å². The first-order chi connectivity index (χ1) is 8.22. The number of benzene rings is 1. The zero-order valence-corrected chi connectivity index (χ0v) is 11.0. The highest BCUT2D eigenvalue weighted by Crippen LogP contribution is 2.13. The van der Waals surface area contributed by atoms with E-state index in [-0.39, 0.29) is 6.10 Å². The molecule has 0 aliphatic carbocycles. The second-order valence-electron chi connectivity index (χ2n) is 4.60. The van der Waals surface area contributed by atoms with Crippen LogP contribution in [0.1, 0.15) is 44.6 Å². The molecule has 0 aliphatic heterocycles. The molecule has 1 rings (SSSR count). The van der Waals surface area contributed by atoms with Gasteiger partial charge in [0.1, 0.15) is 5.75 Å². The van der Waals surface area contributed by atoms with Gasteiger partial charge in [0.2, 0.25) is 0 Å². The zero-order valence-electron chi connectivity index (χ0n) is 11.0. The summed E-state index contributed by atoms with van der Waals surface area (Å²) >= 11 is 0. The normalized spacial score (nSPS) is 12.4. The van der Waals surface area contributed by atoms with Gasteiger partial charge in [0.15, 0.2) is 0 Å². The van der Waals surface area contributed by atoms with Crippen LogP contribution in [0.25, 0.3) is 0 Å². The summed E-state index contributed by atoms with van der Waals surface area (Å²) in [5, 5.41) is 9.73. The maximum atomic E-state index is 9.73. The second kappa shape index (κ2) is 8.13. The van der Waals surface area contributed by atoms with E-state index in [0.717, 1.165) is 25.0 Å². The predicted octanol–water partition coefficient (Wildman–Crippen LogP) is 3.71. The molecule has 0 fully saturated rings. The third kappa shape index (κ3) is 6.32. The van der Waals surface area contributed by atoms with Gasteiger partial charge in [-0.25, -0.2) is 0 Å². The third-order valence-corrected chi connectivity index (χ3v) is 2.85. The van der Waals surface area contributed by atoms with Crippen LogP contribution in [0.15, 0.2) is 24.3 Å². The van der Waals surface area contributed by atoms with Crippen LogP contribution in [0.5, 0.6) is 5.75 Å². The first kappa shape index (κ1) is 14.0. The van der Waals surface area contributed by atoms with Crippen molar-refractivity contribution in [1.82, 2.24) is 0 Å². The molecular formula is C15H24O2. The molecule has 0 aromatic heterocycles. The van der Waals surface area contributed by atoms with Gasteiger partial charge in [-0.15, -0.1) is 0 Å². The molecule has 2 nitrogen and oxygen atoms in total. The molecule has 96 valence electrons. The van der Waals surface area contributed by atoms with Gasteiger partial charge in [0, 0.05) is 6.42 Å². The lowest BCUT2D eigenvalue weighted by atomic mass is 10.1. The van der Waals surface area contributed by atoms with Crippen molar-refractivity contribution < 1.29 is 9.84 Å². The van der Waals surface area contributed by atoms with Crippen molar-refractivity contribution in [2.45, 2.75) is 52.1 Å². The number of hydrogen-bond acceptors (Lipinski definition) is 2. The lowest BCUT2D eigenvalue weighted by Crippen LogP contribution is -2.11. The van der Waals surface area contributed by atoms with Crippen molar-refractivity contribution in [3.05, 3.63) is 29.8 Å². The van der Waals surface area contributed by atoms with Crippen LogP contribution in [0.4, 0.5) is 0 Å². The van der Waals surface area contributed by atoms with Gasteiger partial charge >= 0.3 is 0 Å². The van der Waals surface area contributed by atoms with E-state index >= 15 is 0 Å². The molecule has 0 saturated heterocycles. The molecule has 1 aromatic rings. The highest BCUT2D eigenvalue weighted by molar-refractivity contribution is 5.27. The van der Waals surface area contributed by atoms with Crippen molar-refractivity contribution in [3.63, 3.8) is 0 Å². The van der Waals surface area contributed by atoms with Crippen molar-refractivity contribution in [3.8, 4) is 5.75 Å². The number of aryl methyl sites for hydroxylation is 1. The molecule has 0 spiro atoms. The van der Waals surface area contributed by atoms with Crippen LogP contribution in [0.3, 0.4) is 0 Å². The van der Waals surface area contributed by atoms with E-state index < -0.39 is 0 Å². The SMILES string of the molecule is CCCCCC(O)CCOc1cccc(C)c1. The van der Waals surface area contributed by atoms with Crippen LogP contribution >= 0.6 is 0 Å². The molecule has 1 aromatic carbocycles. The summed E-state index contributed by atoms with van der Waals surface area (Å²) in [6, 6.07) is 8.01. The molecule has 1 N–H and O–H groups in total. The smallest absolute Gasteiger partial charge is 0.119 e. The van der Waals surface area contributed by atoms with E-state index in [1.807, 2.05) is 31.2 Å². The van der Waals surface area contributed by atoms with E-state index in [0.29, 0.717) is 6.61 Å². The Labute approximate surface area is 105 Å². The Hall–Kier alpha value is -1.02. The van der Waals surface area contributed by atoms with E-state index in [2.05, 4.69) is 6.92 Å². The summed E-state index contributed by atoms with van der Waals surface area (Å²) in [4.78, 5) is 0. The topological polar surface area (TPSA) is 29.5 Å². The molecule has 0 heterocycles. The van der Waals surface area contributed by atoms with E-state index in [1.165, 1.54) is 18.4 Å². The summed E-state index contributed by atoms with van der Waals surface area (Å²) in [6.07, 6.45) is 4.92. The number of unbranched alkanes of at least 4 members (excludes halogenated alkanes) is 2.